The van der Waals surface area contributed by atoms with E-state index in [0.29, 0.717) is 11.6 Å². The molecule has 3 aromatic rings. The highest BCUT2D eigenvalue weighted by Crippen LogP contribution is 2.30. The van der Waals surface area contributed by atoms with Gasteiger partial charge in [-0.2, -0.15) is 0 Å². The summed E-state index contributed by atoms with van der Waals surface area (Å²) in [7, 11) is 5.13. The van der Waals surface area contributed by atoms with E-state index in [2.05, 4.69) is 15.6 Å². The number of ether oxygens (including phenoxy) is 2. The summed E-state index contributed by atoms with van der Waals surface area (Å²) in [6.45, 7) is 3.93. The second-order valence-corrected chi connectivity index (χ2v) is 7.16. The highest BCUT2D eigenvalue weighted by molar-refractivity contribution is 5.75. The lowest BCUT2D eigenvalue weighted by Gasteiger charge is -2.23. The summed E-state index contributed by atoms with van der Waals surface area (Å²) in [5, 5.41) is 6.06. The summed E-state index contributed by atoms with van der Waals surface area (Å²) in [4.78, 5) is 17.4. The number of nitrogens with zero attached hydrogens (tertiary/aromatic N) is 2. The Morgan fingerprint density at radius 1 is 1.03 bits per heavy atom. The Morgan fingerprint density at radius 2 is 1.73 bits per heavy atom. The normalized spacial score (nSPS) is 12.7. The van der Waals surface area contributed by atoms with Crippen molar-refractivity contribution < 1.29 is 14.3 Å². The molecule has 0 fully saturated rings. The topological polar surface area (TPSA) is 77.4 Å². The monoisotopic (exact) mass is 408 g/mol. The minimum absolute atomic E-state index is 0.250. The zero-order chi connectivity index (χ0) is 21.7. The molecule has 3 rings (SSSR count). The number of hydrogen-bond acceptors (Lipinski definition) is 4. The van der Waals surface area contributed by atoms with Gasteiger partial charge in [-0.25, -0.2) is 9.78 Å². The molecule has 0 aliphatic rings. The molecular weight excluding hydrogens is 380 g/mol. The second-order valence-electron chi connectivity index (χ2n) is 7.16. The van der Waals surface area contributed by atoms with Gasteiger partial charge in [0, 0.05) is 30.6 Å². The van der Waals surface area contributed by atoms with Crippen LogP contribution in [0.1, 0.15) is 41.5 Å². The van der Waals surface area contributed by atoms with Gasteiger partial charge in [0.05, 0.1) is 20.3 Å². The number of para-hydroxylation sites is 1. The number of amides is 2. The van der Waals surface area contributed by atoms with E-state index in [0.717, 1.165) is 22.4 Å². The minimum Gasteiger partial charge on any atom is -0.496 e. The molecule has 7 heteroatoms. The predicted octanol–water partition coefficient (Wildman–Crippen LogP) is 3.90. The number of imidazole rings is 1. The summed E-state index contributed by atoms with van der Waals surface area (Å²) in [5.41, 5.74) is 2.84. The first-order valence-corrected chi connectivity index (χ1v) is 9.76. The van der Waals surface area contributed by atoms with Gasteiger partial charge < -0.3 is 24.7 Å². The number of benzene rings is 2. The van der Waals surface area contributed by atoms with Gasteiger partial charge in [-0.1, -0.05) is 35.9 Å². The largest absolute Gasteiger partial charge is 0.496 e. The lowest BCUT2D eigenvalue weighted by Crippen LogP contribution is -2.40. The molecule has 2 aromatic carbocycles. The average molecular weight is 409 g/mol. The van der Waals surface area contributed by atoms with E-state index in [1.165, 1.54) is 0 Å². The summed E-state index contributed by atoms with van der Waals surface area (Å²) in [6, 6.07) is 12.5. The standard InChI is InChI=1S/C23H28N4O3/c1-15-10-11-20(30-5)18(14-15)16(2)25-23(28)26-21(22-24-12-13-27(22)3)17-8-6-7-9-19(17)29-4/h6-14,16,21H,1-5H3,(H2,25,26,28)/t16-,21-/m0/s1. The molecule has 0 bridgehead atoms. The Balaban J connectivity index is 1.86. The Kier molecular flexibility index (Phi) is 6.61. The van der Waals surface area contributed by atoms with E-state index in [1.807, 2.05) is 74.1 Å². The second kappa shape index (κ2) is 9.35. The van der Waals surface area contributed by atoms with Crippen LogP contribution in [0.25, 0.3) is 0 Å². The van der Waals surface area contributed by atoms with Crippen molar-refractivity contribution in [1.29, 1.82) is 0 Å². The fraction of sp³-hybridized carbons (Fsp3) is 0.304. The molecule has 0 radical (unpaired) electrons. The quantitative estimate of drug-likeness (QED) is 0.622. The number of carbonyl (C=O) groups is 1. The third-order valence-electron chi connectivity index (χ3n) is 5.04. The highest BCUT2D eigenvalue weighted by Gasteiger charge is 2.25. The first-order valence-electron chi connectivity index (χ1n) is 9.76. The average Bonchev–Trinajstić information content (AvgIpc) is 3.17. The maximum atomic E-state index is 13.0. The fourth-order valence-corrected chi connectivity index (χ4v) is 3.48. The lowest BCUT2D eigenvalue weighted by molar-refractivity contribution is 0.234. The number of methoxy groups -OCH3 is 2. The van der Waals surface area contributed by atoms with Crippen LogP contribution in [0.5, 0.6) is 11.5 Å². The molecule has 0 saturated heterocycles. The maximum Gasteiger partial charge on any atom is 0.316 e. The van der Waals surface area contributed by atoms with Crippen LogP contribution in [0.4, 0.5) is 4.79 Å². The summed E-state index contributed by atoms with van der Waals surface area (Å²) in [6.07, 6.45) is 3.55. The van der Waals surface area contributed by atoms with Crippen molar-refractivity contribution in [3.63, 3.8) is 0 Å². The van der Waals surface area contributed by atoms with Crippen molar-refractivity contribution in [2.45, 2.75) is 25.9 Å². The first-order chi connectivity index (χ1) is 14.4. The van der Waals surface area contributed by atoms with E-state index < -0.39 is 6.04 Å². The van der Waals surface area contributed by atoms with Gasteiger partial charge in [0.25, 0.3) is 0 Å². The van der Waals surface area contributed by atoms with E-state index in [-0.39, 0.29) is 12.1 Å². The third-order valence-corrected chi connectivity index (χ3v) is 5.04. The molecule has 2 N–H and O–H groups in total. The summed E-state index contributed by atoms with van der Waals surface area (Å²) >= 11 is 0. The van der Waals surface area contributed by atoms with Crippen molar-refractivity contribution in [3.8, 4) is 11.5 Å². The molecule has 0 unspecified atom stereocenters. The van der Waals surface area contributed by atoms with Crippen LogP contribution in [0.15, 0.2) is 54.9 Å². The molecule has 2 amide bonds. The SMILES string of the molecule is COc1ccccc1[C@H](NC(=O)N[C@@H](C)c1cc(C)ccc1OC)c1nccn1C. The number of aryl methyl sites for hydroxylation is 2. The van der Waals surface area contributed by atoms with Crippen LogP contribution in [-0.2, 0) is 7.05 Å². The summed E-state index contributed by atoms with van der Waals surface area (Å²) < 4.78 is 12.9. The van der Waals surface area contributed by atoms with Gasteiger partial charge >= 0.3 is 6.03 Å². The molecule has 2 atom stereocenters. The van der Waals surface area contributed by atoms with Crippen LogP contribution < -0.4 is 20.1 Å². The van der Waals surface area contributed by atoms with E-state index in [1.54, 1.807) is 20.4 Å². The Labute approximate surface area is 177 Å². The van der Waals surface area contributed by atoms with Crippen molar-refractivity contribution >= 4 is 6.03 Å². The highest BCUT2D eigenvalue weighted by atomic mass is 16.5. The fourth-order valence-electron chi connectivity index (χ4n) is 3.48. The number of urea groups is 1. The van der Waals surface area contributed by atoms with Crippen molar-refractivity contribution in [2.75, 3.05) is 14.2 Å². The van der Waals surface area contributed by atoms with E-state index in [4.69, 9.17) is 9.47 Å². The lowest BCUT2D eigenvalue weighted by atomic mass is 10.0. The van der Waals surface area contributed by atoms with Crippen LogP contribution >= 0.6 is 0 Å². The Bertz CT molecular complexity index is 1020. The number of nitrogens with one attached hydrogen (secondary N) is 2. The van der Waals surface area contributed by atoms with Gasteiger partial charge in [0.1, 0.15) is 23.4 Å². The molecule has 158 valence electrons. The molecular formula is C23H28N4O3. The molecule has 0 spiro atoms. The smallest absolute Gasteiger partial charge is 0.316 e. The minimum atomic E-state index is -0.479. The van der Waals surface area contributed by atoms with Crippen LogP contribution in [0.2, 0.25) is 0 Å². The first kappa shape index (κ1) is 21.2. The van der Waals surface area contributed by atoms with Gasteiger partial charge in [-0.3, -0.25) is 0 Å². The molecule has 30 heavy (non-hydrogen) atoms. The van der Waals surface area contributed by atoms with Gasteiger partial charge in [0.15, 0.2) is 0 Å². The van der Waals surface area contributed by atoms with Gasteiger partial charge in [0.2, 0.25) is 0 Å². The van der Waals surface area contributed by atoms with Crippen LogP contribution in [-0.4, -0.2) is 29.8 Å². The molecule has 7 nitrogen and oxygen atoms in total. The Morgan fingerprint density at radius 3 is 2.40 bits per heavy atom. The number of carbonyl (C=O) groups excluding carboxylic acids is 1. The number of rotatable bonds is 7. The van der Waals surface area contributed by atoms with Crippen LogP contribution in [0, 0.1) is 6.92 Å². The zero-order valence-electron chi connectivity index (χ0n) is 18.0. The van der Waals surface area contributed by atoms with Crippen LogP contribution in [0.3, 0.4) is 0 Å². The maximum absolute atomic E-state index is 13.0. The molecule has 0 aliphatic heterocycles. The molecule has 1 aromatic heterocycles. The predicted molar refractivity (Wildman–Crippen MR) is 116 cm³/mol. The van der Waals surface area contributed by atoms with Crippen molar-refractivity contribution in [2.24, 2.45) is 7.05 Å². The zero-order valence-corrected chi connectivity index (χ0v) is 18.0. The van der Waals surface area contributed by atoms with E-state index >= 15 is 0 Å². The van der Waals surface area contributed by atoms with Gasteiger partial charge in [-0.05, 0) is 26.0 Å². The molecule has 0 aliphatic carbocycles. The van der Waals surface area contributed by atoms with E-state index in [9.17, 15) is 4.79 Å². The number of hydrogen-bond donors (Lipinski definition) is 2. The summed E-state index contributed by atoms with van der Waals surface area (Å²) in [5.74, 6) is 2.12. The third kappa shape index (κ3) is 4.56. The molecule has 1 heterocycles. The molecule has 0 saturated carbocycles. The van der Waals surface area contributed by atoms with Crippen molar-refractivity contribution in [1.82, 2.24) is 20.2 Å². The van der Waals surface area contributed by atoms with Crippen molar-refractivity contribution in [3.05, 3.63) is 77.4 Å². The number of aromatic nitrogens is 2. The Hall–Kier alpha value is -3.48. The van der Waals surface area contributed by atoms with Gasteiger partial charge in [-0.15, -0.1) is 0 Å².